The molecule has 3 aromatic carbocycles. The Morgan fingerprint density at radius 1 is 1.00 bits per heavy atom. The normalized spacial score (nSPS) is 13.3. The third-order valence-electron chi connectivity index (χ3n) is 3.98. The van der Waals surface area contributed by atoms with E-state index in [1.165, 1.54) is 0 Å². The first-order chi connectivity index (χ1) is 12.7. The molecule has 3 rings (SSSR count). The minimum Gasteiger partial charge on any atom is -0.457 e. The zero-order valence-electron chi connectivity index (χ0n) is 15.0. The largest absolute Gasteiger partial charge is 0.457 e. The number of nitrogens with one attached hydrogen (secondary N) is 1. The Hall–Kier alpha value is -2.37. The predicted molar refractivity (Wildman–Crippen MR) is 108 cm³/mol. The van der Waals surface area contributed by atoms with E-state index < -0.39 is 11.3 Å². The van der Waals surface area contributed by atoms with Crippen LogP contribution < -0.4 is 9.46 Å². The van der Waals surface area contributed by atoms with Crippen LogP contribution in [0.5, 0.6) is 11.5 Å². The molecule has 0 aromatic heterocycles. The van der Waals surface area contributed by atoms with E-state index in [9.17, 15) is 4.21 Å². The van der Waals surface area contributed by atoms with Crippen molar-refractivity contribution in [3.8, 4) is 11.5 Å². The van der Waals surface area contributed by atoms with Crippen LogP contribution in [0.3, 0.4) is 0 Å². The molecule has 2 atom stereocenters. The van der Waals surface area contributed by atoms with Crippen molar-refractivity contribution in [3.63, 3.8) is 0 Å². The molecule has 3 aromatic rings. The molecule has 0 heterocycles. The summed E-state index contributed by atoms with van der Waals surface area (Å²) >= 11 is -1.56. The number of anilines is 1. The number of fused-ring (bicyclic) bond motifs is 1. The van der Waals surface area contributed by atoms with Gasteiger partial charge in [-0.25, -0.2) is 4.21 Å². The van der Waals surface area contributed by atoms with Crippen molar-refractivity contribution in [2.45, 2.75) is 32.8 Å². The molecule has 0 fully saturated rings. The van der Waals surface area contributed by atoms with Gasteiger partial charge in [0.1, 0.15) is 11.5 Å². The van der Waals surface area contributed by atoms with Gasteiger partial charge in [0, 0.05) is 11.1 Å². The monoisotopic (exact) mass is 369 g/mol. The SMILES string of the molecule is CCCC(C)OS(=O)Nc1ccc(Oc2cccc3ccccc23)cc1. The van der Waals surface area contributed by atoms with Crippen LogP contribution in [0.25, 0.3) is 10.8 Å². The molecule has 0 radical (unpaired) electrons. The van der Waals surface area contributed by atoms with Crippen molar-refractivity contribution < 1.29 is 13.1 Å². The lowest BCUT2D eigenvalue weighted by Gasteiger charge is -2.12. The average Bonchev–Trinajstić information content (AvgIpc) is 2.64. The minimum absolute atomic E-state index is 0.0395. The van der Waals surface area contributed by atoms with E-state index in [-0.39, 0.29) is 6.10 Å². The van der Waals surface area contributed by atoms with Crippen molar-refractivity contribution in [2.24, 2.45) is 0 Å². The number of hydrogen-bond acceptors (Lipinski definition) is 3. The summed E-state index contributed by atoms with van der Waals surface area (Å²) in [6.45, 7) is 4.00. The highest BCUT2D eigenvalue weighted by atomic mass is 32.2. The molecule has 0 saturated carbocycles. The number of benzene rings is 3. The fraction of sp³-hybridized carbons (Fsp3) is 0.238. The molecule has 0 aliphatic heterocycles. The molecule has 0 aliphatic carbocycles. The van der Waals surface area contributed by atoms with E-state index in [2.05, 4.69) is 23.8 Å². The first-order valence-electron chi connectivity index (χ1n) is 8.77. The van der Waals surface area contributed by atoms with E-state index in [0.717, 1.165) is 40.8 Å². The molecule has 4 nitrogen and oxygen atoms in total. The zero-order chi connectivity index (χ0) is 18.4. The molecule has 5 heteroatoms. The van der Waals surface area contributed by atoms with E-state index in [0.29, 0.717) is 0 Å². The highest BCUT2D eigenvalue weighted by Crippen LogP contribution is 2.30. The molecular weight excluding hydrogens is 346 g/mol. The second kappa shape index (κ2) is 8.83. The van der Waals surface area contributed by atoms with E-state index in [1.807, 2.05) is 61.5 Å². The Kier molecular flexibility index (Phi) is 6.26. The van der Waals surface area contributed by atoms with E-state index in [1.54, 1.807) is 0 Å². The highest BCUT2D eigenvalue weighted by molar-refractivity contribution is 7.81. The first-order valence-corrected chi connectivity index (χ1v) is 9.84. The Labute approximate surface area is 156 Å². The lowest BCUT2D eigenvalue weighted by Crippen LogP contribution is -2.15. The summed E-state index contributed by atoms with van der Waals surface area (Å²) in [6.07, 6.45) is 1.84. The van der Waals surface area contributed by atoms with Crippen LogP contribution in [0, 0.1) is 0 Å². The van der Waals surface area contributed by atoms with Crippen LogP contribution >= 0.6 is 0 Å². The molecule has 0 saturated heterocycles. The number of rotatable bonds is 8. The van der Waals surface area contributed by atoms with Gasteiger partial charge in [0.05, 0.1) is 6.10 Å². The quantitative estimate of drug-likeness (QED) is 0.543. The number of hydrogen-bond donors (Lipinski definition) is 1. The Morgan fingerprint density at radius 3 is 2.50 bits per heavy atom. The maximum Gasteiger partial charge on any atom is 0.262 e. The second-order valence-corrected chi connectivity index (χ2v) is 7.00. The molecule has 0 amide bonds. The van der Waals surface area contributed by atoms with Crippen LogP contribution in [-0.4, -0.2) is 10.3 Å². The van der Waals surface area contributed by atoms with Gasteiger partial charge in [0.25, 0.3) is 11.3 Å². The van der Waals surface area contributed by atoms with Gasteiger partial charge < -0.3 is 4.74 Å². The van der Waals surface area contributed by atoms with Crippen LogP contribution in [0.15, 0.2) is 66.7 Å². The minimum atomic E-state index is -1.56. The van der Waals surface area contributed by atoms with Gasteiger partial charge in [-0.2, -0.15) is 0 Å². The first kappa shape index (κ1) is 18.4. The van der Waals surface area contributed by atoms with Crippen LogP contribution in [0.2, 0.25) is 0 Å². The Morgan fingerprint density at radius 2 is 1.73 bits per heavy atom. The molecule has 0 aliphatic rings. The van der Waals surface area contributed by atoms with Crippen LogP contribution in [0.4, 0.5) is 5.69 Å². The molecule has 26 heavy (non-hydrogen) atoms. The van der Waals surface area contributed by atoms with E-state index in [4.69, 9.17) is 8.92 Å². The van der Waals surface area contributed by atoms with Gasteiger partial charge in [-0.3, -0.25) is 8.91 Å². The fourth-order valence-corrected chi connectivity index (χ4v) is 3.50. The molecule has 1 N–H and O–H groups in total. The highest BCUT2D eigenvalue weighted by Gasteiger charge is 2.08. The van der Waals surface area contributed by atoms with E-state index >= 15 is 0 Å². The van der Waals surface area contributed by atoms with Crippen molar-refractivity contribution >= 4 is 27.7 Å². The third kappa shape index (κ3) is 4.84. The van der Waals surface area contributed by atoms with Gasteiger partial charge in [0.15, 0.2) is 0 Å². The van der Waals surface area contributed by atoms with Crippen molar-refractivity contribution in [1.82, 2.24) is 0 Å². The maximum atomic E-state index is 12.0. The summed E-state index contributed by atoms with van der Waals surface area (Å²) in [7, 11) is 0. The van der Waals surface area contributed by atoms with Gasteiger partial charge in [-0.15, -0.1) is 0 Å². The van der Waals surface area contributed by atoms with Crippen molar-refractivity contribution in [3.05, 3.63) is 66.7 Å². The summed E-state index contributed by atoms with van der Waals surface area (Å²) in [5.41, 5.74) is 0.720. The standard InChI is InChI=1S/C21H23NO3S/c1-3-7-16(2)25-26(23)22-18-12-14-19(15-13-18)24-21-11-6-9-17-8-4-5-10-20(17)21/h4-6,8-16,22H,3,7H2,1-2H3. The molecular formula is C21H23NO3S. The van der Waals surface area contributed by atoms with Crippen molar-refractivity contribution in [2.75, 3.05) is 4.72 Å². The summed E-state index contributed by atoms with van der Waals surface area (Å²) in [4.78, 5) is 0. The predicted octanol–water partition coefficient (Wildman–Crippen LogP) is 5.83. The zero-order valence-corrected chi connectivity index (χ0v) is 15.8. The van der Waals surface area contributed by atoms with Gasteiger partial charge >= 0.3 is 0 Å². The number of ether oxygens (including phenoxy) is 1. The van der Waals surface area contributed by atoms with Gasteiger partial charge in [0.2, 0.25) is 0 Å². The van der Waals surface area contributed by atoms with Crippen LogP contribution in [0.1, 0.15) is 26.7 Å². The third-order valence-corrected chi connectivity index (χ3v) is 4.89. The molecule has 0 bridgehead atoms. The smallest absolute Gasteiger partial charge is 0.262 e. The van der Waals surface area contributed by atoms with Crippen LogP contribution in [-0.2, 0) is 15.4 Å². The summed E-state index contributed by atoms with van der Waals surface area (Å²) in [6, 6.07) is 21.4. The lowest BCUT2D eigenvalue weighted by molar-refractivity contribution is 0.236. The second-order valence-electron chi connectivity index (χ2n) is 6.14. The lowest BCUT2D eigenvalue weighted by atomic mass is 10.1. The summed E-state index contributed by atoms with van der Waals surface area (Å²) < 4.78 is 26.2. The average molecular weight is 369 g/mol. The van der Waals surface area contributed by atoms with Gasteiger partial charge in [-0.05, 0) is 49.1 Å². The Bertz CT molecular complexity index is 875. The maximum absolute atomic E-state index is 12.0. The molecule has 136 valence electrons. The summed E-state index contributed by atoms with van der Waals surface area (Å²) in [5.74, 6) is 1.53. The Balaban J connectivity index is 1.65. The van der Waals surface area contributed by atoms with Crippen molar-refractivity contribution in [1.29, 1.82) is 0 Å². The molecule has 2 unspecified atom stereocenters. The molecule has 0 spiro atoms. The topological polar surface area (TPSA) is 47.6 Å². The fourth-order valence-electron chi connectivity index (χ4n) is 2.73. The van der Waals surface area contributed by atoms with Gasteiger partial charge in [-0.1, -0.05) is 49.7 Å². The summed E-state index contributed by atoms with van der Waals surface area (Å²) in [5, 5.41) is 2.20.